The molecule has 0 fully saturated rings. The van der Waals surface area contributed by atoms with Gasteiger partial charge in [0.05, 0.1) is 36.6 Å². The van der Waals surface area contributed by atoms with Crippen LogP contribution in [0.2, 0.25) is 0 Å². The fourth-order valence-electron chi connectivity index (χ4n) is 7.55. The molecule has 2 aromatic heterocycles. The molecule has 54 heavy (non-hydrogen) atoms. The fourth-order valence-corrected chi connectivity index (χ4v) is 8.54. The van der Waals surface area contributed by atoms with E-state index in [4.69, 9.17) is 19.2 Å². The zero-order valence-electron chi connectivity index (χ0n) is 30.2. The molecule has 6 aromatic rings. The van der Waals surface area contributed by atoms with Gasteiger partial charge in [-0.2, -0.15) is 0 Å². The molecule has 0 aliphatic carbocycles. The Morgan fingerprint density at radius 2 is 1.70 bits per heavy atom. The lowest BCUT2D eigenvalue weighted by Crippen LogP contribution is -2.40. The van der Waals surface area contributed by atoms with Crippen LogP contribution >= 0.6 is 11.3 Å². The molecule has 2 aliphatic rings. The number of esters is 1. The van der Waals surface area contributed by atoms with Crippen molar-refractivity contribution < 1.29 is 23.8 Å². The van der Waals surface area contributed by atoms with Gasteiger partial charge < -0.3 is 23.7 Å². The van der Waals surface area contributed by atoms with Crippen LogP contribution in [-0.2, 0) is 27.3 Å². The second-order valence-corrected chi connectivity index (χ2v) is 14.0. The van der Waals surface area contributed by atoms with Gasteiger partial charge >= 0.3 is 5.97 Å². The number of aromatic nitrogens is 2. The number of fused-ring (bicyclic) bond motifs is 3. The SMILES string of the molecule is CCOC(=O)C1=C(c2ccccc2)N=c2sc(=Cc3cn(CC(=O)N4CCCc5ccccc54)c4ccccc34)c(=O)n2[C@@H]1c1cccc(OC)c1OC. The average Bonchev–Trinajstić information content (AvgIpc) is 3.72. The summed E-state index contributed by atoms with van der Waals surface area (Å²) in [7, 11) is 3.07. The Balaban J connectivity index is 1.30. The molecule has 4 aromatic carbocycles. The summed E-state index contributed by atoms with van der Waals surface area (Å²) in [5.41, 5.74) is 5.34. The van der Waals surface area contributed by atoms with Gasteiger partial charge in [-0.05, 0) is 49.6 Å². The van der Waals surface area contributed by atoms with Gasteiger partial charge in [-0.25, -0.2) is 9.79 Å². The van der Waals surface area contributed by atoms with Gasteiger partial charge in [0.2, 0.25) is 5.91 Å². The Bertz CT molecular complexity index is 2640. The van der Waals surface area contributed by atoms with E-state index in [0.717, 1.165) is 35.0 Å². The van der Waals surface area contributed by atoms with E-state index in [1.807, 2.05) is 101 Å². The highest BCUT2D eigenvalue weighted by atomic mass is 32.1. The summed E-state index contributed by atoms with van der Waals surface area (Å²) in [5, 5.41) is 0.901. The van der Waals surface area contributed by atoms with E-state index in [2.05, 4.69) is 6.07 Å². The Morgan fingerprint density at radius 3 is 2.50 bits per heavy atom. The van der Waals surface area contributed by atoms with Crippen LogP contribution in [0.4, 0.5) is 5.69 Å². The third-order valence-corrected chi connectivity index (χ3v) is 10.9. The predicted molar refractivity (Wildman–Crippen MR) is 210 cm³/mol. The molecule has 0 bridgehead atoms. The molecule has 0 unspecified atom stereocenters. The number of amides is 1. The monoisotopic (exact) mass is 738 g/mol. The summed E-state index contributed by atoms with van der Waals surface area (Å²) in [6.45, 7) is 2.68. The Labute approximate surface area is 315 Å². The Kier molecular flexibility index (Phi) is 9.47. The van der Waals surface area contributed by atoms with Crippen LogP contribution in [-0.4, -0.2) is 48.4 Å². The van der Waals surface area contributed by atoms with Crippen LogP contribution in [0.3, 0.4) is 0 Å². The van der Waals surface area contributed by atoms with E-state index in [-0.39, 0.29) is 30.2 Å². The molecule has 10 nitrogen and oxygen atoms in total. The molecule has 2 aliphatic heterocycles. The van der Waals surface area contributed by atoms with Crippen LogP contribution in [0.15, 0.2) is 119 Å². The minimum absolute atomic E-state index is 0.000925. The number of rotatable bonds is 9. The smallest absolute Gasteiger partial charge is 0.338 e. The summed E-state index contributed by atoms with van der Waals surface area (Å²) in [6.07, 6.45) is 5.64. The van der Waals surface area contributed by atoms with Crippen LogP contribution in [0.5, 0.6) is 11.5 Å². The number of hydrogen-bond acceptors (Lipinski definition) is 8. The molecule has 0 saturated heterocycles. The molecule has 0 N–H and O–H groups in total. The minimum Gasteiger partial charge on any atom is -0.493 e. The number of thiazole rings is 1. The van der Waals surface area contributed by atoms with E-state index in [1.165, 1.54) is 24.0 Å². The fraction of sp³-hybridized carbons (Fsp3) is 0.209. The maximum absolute atomic E-state index is 14.7. The zero-order valence-corrected chi connectivity index (χ0v) is 31.0. The second-order valence-electron chi connectivity index (χ2n) is 13.0. The standard InChI is InChI=1S/C43H38N4O6S/c1-4-53-42(50)37-38(28-15-6-5-7-16-28)44-43-47(39(37)31-19-12-22-34(51-2)40(31)52-3)41(49)35(54-43)24-29-25-45(33-21-11-9-18-30(29)33)26-36(48)46-23-13-17-27-14-8-10-20-32(27)46/h5-12,14-16,18-22,24-25,39H,4,13,17,23,26H2,1-3H3/t39-/m1/s1. The third kappa shape index (κ3) is 6.10. The number of hydrogen-bond donors (Lipinski definition) is 0. The quantitative estimate of drug-likeness (QED) is 0.172. The van der Waals surface area contributed by atoms with Crippen molar-refractivity contribution in [3.8, 4) is 11.5 Å². The number of aryl methyl sites for hydroxylation is 1. The topological polar surface area (TPSA) is 104 Å². The highest BCUT2D eigenvalue weighted by molar-refractivity contribution is 7.07. The number of methoxy groups -OCH3 is 2. The molecule has 1 amide bonds. The van der Waals surface area contributed by atoms with Gasteiger partial charge in [0.1, 0.15) is 12.6 Å². The normalized spacial score (nSPS) is 15.4. The van der Waals surface area contributed by atoms with Crippen molar-refractivity contribution in [1.82, 2.24) is 9.13 Å². The van der Waals surface area contributed by atoms with Crippen molar-refractivity contribution in [2.75, 3.05) is 32.3 Å². The first-order valence-electron chi connectivity index (χ1n) is 17.9. The van der Waals surface area contributed by atoms with Crippen molar-refractivity contribution in [2.24, 2.45) is 4.99 Å². The van der Waals surface area contributed by atoms with E-state index in [9.17, 15) is 14.4 Å². The molecular weight excluding hydrogens is 701 g/mol. The highest BCUT2D eigenvalue weighted by Gasteiger charge is 2.37. The van der Waals surface area contributed by atoms with Gasteiger partial charge in [0.25, 0.3) is 5.56 Å². The number of nitrogens with zero attached hydrogens (tertiary/aromatic N) is 4. The number of anilines is 1. The summed E-state index contributed by atoms with van der Waals surface area (Å²) < 4.78 is 21.1. The van der Waals surface area contributed by atoms with Gasteiger partial charge in [-0.3, -0.25) is 14.2 Å². The Hall–Kier alpha value is -6.20. The summed E-state index contributed by atoms with van der Waals surface area (Å²) in [5.74, 6) is 0.253. The van der Waals surface area contributed by atoms with Crippen LogP contribution in [0.1, 0.15) is 41.6 Å². The molecular formula is C43H38N4O6S. The van der Waals surface area contributed by atoms with Gasteiger partial charge in [0.15, 0.2) is 16.3 Å². The van der Waals surface area contributed by atoms with E-state index >= 15 is 0 Å². The van der Waals surface area contributed by atoms with Crippen molar-refractivity contribution in [1.29, 1.82) is 0 Å². The number of ether oxygens (including phenoxy) is 3. The molecule has 4 heterocycles. The second kappa shape index (κ2) is 14.7. The molecule has 272 valence electrons. The first kappa shape index (κ1) is 34.9. The minimum atomic E-state index is -0.950. The van der Waals surface area contributed by atoms with E-state index < -0.39 is 12.0 Å². The van der Waals surface area contributed by atoms with Crippen molar-refractivity contribution in [3.63, 3.8) is 0 Å². The lowest BCUT2D eigenvalue weighted by atomic mass is 9.92. The lowest BCUT2D eigenvalue weighted by Gasteiger charge is -2.29. The largest absolute Gasteiger partial charge is 0.493 e. The maximum Gasteiger partial charge on any atom is 0.338 e. The number of carbonyl (C=O) groups excluding carboxylic acids is 2. The van der Waals surface area contributed by atoms with Crippen molar-refractivity contribution in [3.05, 3.63) is 151 Å². The average molecular weight is 739 g/mol. The third-order valence-electron chi connectivity index (χ3n) is 9.92. The molecule has 0 saturated carbocycles. The predicted octanol–water partition coefficient (Wildman–Crippen LogP) is 5.89. The summed E-state index contributed by atoms with van der Waals surface area (Å²) in [4.78, 5) is 49.9. The lowest BCUT2D eigenvalue weighted by molar-refractivity contribution is -0.138. The van der Waals surface area contributed by atoms with Gasteiger partial charge in [-0.1, -0.05) is 90.2 Å². The number of carbonyl (C=O) groups is 2. The molecule has 1 atom stereocenters. The number of benzene rings is 4. The summed E-state index contributed by atoms with van der Waals surface area (Å²) in [6, 6.07) is 29.8. The zero-order chi connectivity index (χ0) is 37.3. The summed E-state index contributed by atoms with van der Waals surface area (Å²) >= 11 is 1.24. The van der Waals surface area contributed by atoms with E-state index in [1.54, 1.807) is 30.7 Å². The van der Waals surface area contributed by atoms with Crippen molar-refractivity contribution >= 4 is 51.6 Å². The van der Waals surface area contributed by atoms with Crippen LogP contribution in [0.25, 0.3) is 22.7 Å². The van der Waals surface area contributed by atoms with Gasteiger partial charge in [-0.15, -0.1) is 0 Å². The molecule has 0 spiro atoms. The molecule has 0 radical (unpaired) electrons. The Morgan fingerprint density at radius 1 is 0.926 bits per heavy atom. The van der Waals surface area contributed by atoms with Crippen LogP contribution < -0.4 is 29.3 Å². The van der Waals surface area contributed by atoms with Crippen LogP contribution in [0, 0.1) is 0 Å². The number of para-hydroxylation sites is 3. The highest BCUT2D eigenvalue weighted by Crippen LogP contribution is 2.42. The first-order valence-corrected chi connectivity index (χ1v) is 18.7. The molecule has 11 heteroatoms. The van der Waals surface area contributed by atoms with E-state index in [0.29, 0.717) is 44.2 Å². The van der Waals surface area contributed by atoms with Gasteiger partial charge in [0, 0.05) is 46.0 Å². The first-order chi connectivity index (χ1) is 26.4. The van der Waals surface area contributed by atoms with Crippen molar-refractivity contribution in [2.45, 2.75) is 32.4 Å². The maximum atomic E-state index is 14.7. The molecule has 8 rings (SSSR count).